The van der Waals surface area contributed by atoms with Gasteiger partial charge in [0, 0.05) is 12.3 Å². The zero-order valence-electron chi connectivity index (χ0n) is 5.16. The molecule has 4 heteroatoms. The van der Waals surface area contributed by atoms with Gasteiger partial charge in [-0.1, -0.05) is 0 Å². The van der Waals surface area contributed by atoms with Crippen molar-refractivity contribution in [2.24, 2.45) is 5.73 Å². The van der Waals surface area contributed by atoms with E-state index in [1.165, 1.54) is 6.20 Å². The number of aromatic nitrogens is 1. The van der Waals surface area contributed by atoms with E-state index in [4.69, 9.17) is 5.73 Å². The van der Waals surface area contributed by atoms with Gasteiger partial charge in [0.25, 0.3) is 0 Å². The number of carbonyl (C=O) groups is 1. The van der Waals surface area contributed by atoms with E-state index in [1.807, 2.05) is 0 Å². The van der Waals surface area contributed by atoms with Gasteiger partial charge in [0.15, 0.2) is 0 Å². The molecule has 0 atom stereocenters. The molecule has 0 spiro atoms. The van der Waals surface area contributed by atoms with Crippen LogP contribution < -0.4 is 11.1 Å². The fraction of sp³-hybridized carbons (Fsp3) is 0. The van der Waals surface area contributed by atoms with Gasteiger partial charge < -0.3 is 5.73 Å². The summed E-state index contributed by atoms with van der Waals surface area (Å²) in [6.07, 6.45) is 1.45. The predicted octanol–water partition coefficient (Wildman–Crippen LogP) is 0.372. The number of pyridine rings is 1. The highest BCUT2D eigenvalue weighted by molar-refractivity contribution is 5.86. The topological polar surface area (TPSA) is 68.0 Å². The molecule has 0 aliphatic carbocycles. The lowest BCUT2D eigenvalue weighted by Gasteiger charge is -1.96. The van der Waals surface area contributed by atoms with Crippen molar-refractivity contribution >= 4 is 11.8 Å². The van der Waals surface area contributed by atoms with Crippen molar-refractivity contribution in [3.05, 3.63) is 24.4 Å². The molecule has 1 aromatic rings. The van der Waals surface area contributed by atoms with Gasteiger partial charge in [-0.15, -0.1) is 0 Å². The number of carbonyl (C=O) groups excluding carboxylic acids is 1. The number of hydrogen-bond donors (Lipinski definition) is 2. The molecule has 1 rings (SSSR count). The number of amides is 2. The summed E-state index contributed by atoms with van der Waals surface area (Å²) in [5.41, 5.74) is 4.82. The van der Waals surface area contributed by atoms with Gasteiger partial charge in [-0.2, -0.15) is 0 Å². The molecule has 0 unspecified atom stereocenters. The summed E-state index contributed by atoms with van der Waals surface area (Å²) in [5, 5.41) is 2.31. The van der Waals surface area contributed by atoms with E-state index in [-0.39, 0.29) is 0 Å². The number of nitrogens with two attached hydrogens (primary N) is 1. The van der Waals surface area contributed by atoms with E-state index in [1.54, 1.807) is 12.1 Å². The van der Waals surface area contributed by atoms with Gasteiger partial charge in [0.2, 0.25) is 0 Å². The molecule has 0 saturated carbocycles. The van der Waals surface area contributed by atoms with Gasteiger partial charge in [-0.25, -0.2) is 9.78 Å². The Hall–Kier alpha value is -1.58. The first-order valence-electron chi connectivity index (χ1n) is 2.67. The first-order chi connectivity index (χ1) is 4.79. The molecule has 0 aliphatic heterocycles. The van der Waals surface area contributed by atoms with Crippen LogP contribution in [-0.2, 0) is 0 Å². The smallest absolute Gasteiger partial charge is 0.317 e. The molecule has 0 fully saturated rings. The maximum Gasteiger partial charge on any atom is 0.317 e. The zero-order valence-corrected chi connectivity index (χ0v) is 5.16. The molecule has 0 bridgehead atoms. The van der Waals surface area contributed by atoms with Crippen LogP contribution in [0.5, 0.6) is 0 Å². The van der Waals surface area contributed by atoms with Gasteiger partial charge in [-0.05, 0) is 12.1 Å². The first-order valence-corrected chi connectivity index (χ1v) is 2.67. The third-order valence-corrected chi connectivity index (χ3v) is 0.867. The number of primary amides is 1. The van der Waals surface area contributed by atoms with Gasteiger partial charge in [0.1, 0.15) is 5.82 Å². The summed E-state index contributed by atoms with van der Waals surface area (Å²) in [4.78, 5) is 14.0. The van der Waals surface area contributed by atoms with Gasteiger partial charge >= 0.3 is 6.03 Å². The van der Waals surface area contributed by atoms with E-state index in [9.17, 15) is 4.79 Å². The molecule has 2 amide bonds. The van der Waals surface area contributed by atoms with E-state index >= 15 is 0 Å². The first kappa shape index (κ1) is 6.54. The van der Waals surface area contributed by atoms with Crippen molar-refractivity contribution in [1.82, 2.24) is 4.98 Å². The minimum atomic E-state index is -0.612. The van der Waals surface area contributed by atoms with Gasteiger partial charge in [0.05, 0.1) is 0 Å². The van der Waals surface area contributed by atoms with Crippen LogP contribution in [0.25, 0.3) is 0 Å². The van der Waals surface area contributed by atoms with Crippen molar-refractivity contribution in [3.63, 3.8) is 0 Å². The number of nitrogens with one attached hydrogen (secondary N) is 1. The van der Waals surface area contributed by atoms with Gasteiger partial charge in [-0.3, -0.25) is 5.32 Å². The van der Waals surface area contributed by atoms with Crippen molar-refractivity contribution in [2.45, 2.75) is 0 Å². The average molecular weight is 136 g/mol. The highest BCUT2D eigenvalue weighted by atomic mass is 16.2. The van der Waals surface area contributed by atoms with Crippen LogP contribution >= 0.6 is 0 Å². The molecular weight excluding hydrogens is 130 g/mol. The second kappa shape index (κ2) is 2.82. The molecule has 1 aromatic heterocycles. The third-order valence-electron chi connectivity index (χ3n) is 0.867. The molecular formula is C6H6N3O. The summed E-state index contributed by atoms with van der Waals surface area (Å²) in [5.74, 6) is 0.436. The van der Waals surface area contributed by atoms with Crippen LogP contribution in [0.4, 0.5) is 10.6 Å². The molecule has 1 radical (unpaired) electrons. The van der Waals surface area contributed by atoms with Crippen LogP contribution in [-0.4, -0.2) is 11.0 Å². The lowest BCUT2D eigenvalue weighted by Crippen LogP contribution is -2.19. The molecule has 1 heterocycles. The van der Waals surface area contributed by atoms with E-state index < -0.39 is 6.03 Å². The maximum absolute atomic E-state index is 10.2. The minimum Gasteiger partial charge on any atom is -0.351 e. The summed E-state index contributed by atoms with van der Waals surface area (Å²) in [6, 6.07) is 5.33. The van der Waals surface area contributed by atoms with Crippen LogP contribution in [0.15, 0.2) is 18.3 Å². The third kappa shape index (κ3) is 1.74. The van der Waals surface area contributed by atoms with Crippen LogP contribution in [0.3, 0.4) is 0 Å². The molecule has 3 N–H and O–H groups in total. The zero-order chi connectivity index (χ0) is 7.40. The van der Waals surface area contributed by atoms with Crippen LogP contribution in [0.2, 0.25) is 0 Å². The van der Waals surface area contributed by atoms with Crippen LogP contribution in [0.1, 0.15) is 0 Å². The predicted molar refractivity (Wildman–Crippen MR) is 36.3 cm³/mol. The Morgan fingerprint density at radius 2 is 2.60 bits per heavy atom. The number of nitrogens with zero attached hydrogens (tertiary/aromatic N) is 1. The summed E-state index contributed by atoms with van der Waals surface area (Å²) < 4.78 is 0. The molecule has 0 aromatic carbocycles. The second-order valence-corrected chi connectivity index (χ2v) is 1.63. The highest BCUT2D eigenvalue weighted by Gasteiger charge is 1.92. The van der Waals surface area contributed by atoms with Crippen molar-refractivity contribution in [3.8, 4) is 0 Å². The monoisotopic (exact) mass is 136 g/mol. The fourth-order valence-corrected chi connectivity index (χ4v) is 0.520. The largest absolute Gasteiger partial charge is 0.351 e. The molecule has 0 saturated heterocycles. The van der Waals surface area contributed by atoms with Crippen LogP contribution in [0, 0.1) is 6.07 Å². The lowest BCUT2D eigenvalue weighted by atomic mass is 10.5. The Bertz CT molecular complexity index is 222. The molecule has 0 aliphatic rings. The summed E-state index contributed by atoms with van der Waals surface area (Å²) >= 11 is 0. The van der Waals surface area contributed by atoms with E-state index in [0.717, 1.165) is 0 Å². The molecule has 4 nitrogen and oxygen atoms in total. The lowest BCUT2D eigenvalue weighted by molar-refractivity contribution is 0.259. The Morgan fingerprint density at radius 1 is 1.80 bits per heavy atom. The minimum absolute atomic E-state index is 0.436. The number of urea groups is 1. The number of hydrogen-bond acceptors (Lipinski definition) is 2. The fourth-order valence-electron chi connectivity index (χ4n) is 0.520. The Labute approximate surface area is 58.1 Å². The Morgan fingerprint density at radius 3 is 3.10 bits per heavy atom. The maximum atomic E-state index is 10.2. The SMILES string of the molecule is NC(=O)Nc1cc[c]cn1. The quantitative estimate of drug-likeness (QED) is 0.585. The standard InChI is InChI=1S/C6H6N3O/c7-6(10)9-5-3-1-2-4-8-5/h1,3-4H,(H3,7,8,9,10). The molecule has 10 heavy (non-hydrogen) atoms. The number of rotatable bonds is 1. The highest BCUT2D eigenvalue weighted by Crippen LogP contribution is 1.96. The van der Waals surface area contributed by atoms with E-state index in [0.29, 0.717) is 5.82 Å². The average Bonchev–Trinajstić information content (AvgIpc) is 1.88. The summed E-state index contributed by atoms with van der Waals surface area (Å²) in [7, 11) is 0. The second-order valence-electron chi connectivity index (χ2n) is 1.63. The van der Waals surface area contributed by atoms with E-state index in [2.05, 4.69) is 16.4 Å². The van der Waals surface area contributed by atoms with Crippen molar-refractivity contribution in [2.75, 3.05) is 5.32 Å². The Balaban J connectivity index is 2.67. The molecule has 51 valence electrons. The van der Waals surface area contributed by atoms with Crippen molar-refractivity contribution in [1.29, 1.82) is 0 Å². The Kier molecular flexibility index (Phi) is 1.84. The normalized spacial score (nSPS) is 8.80. The van der Waals surface area contributed by atoms with Crippen molar-refractivity contribution < 1.29 is 4.79 Å². The number of anilines is 1. The summed E-state index contributed by atoms with van der Waals surface area (Å²) in [6.45, 7) is 0.